The van der Waals surface area contributed by atoms with Crippen LogP contribution in [0.2, 0.25) is 14.8 Å². The van der Waals surface area contributed by atoms with E-state index in [2.05, 4.69) is 71.1 Å². The van der Waals surface area contributed by atoms with Crippen molar-refractivity contribution < 1.29 is 0 Å². The molecule has 3 heteroatoms. The average Bonchev–Trinajstić information content (AvgIpc) is 2.63. The Balaban J connectivity index is 2.37. The minimum absolute atomic E-state index is 0.00448. The van der Waals surface area contributed by atoms with Crippen LogP contribution in [0, 0.1) is 0 Å². The number of nitrogens with zero attached hydrogens (tertiary/aromatic N) is 2. The molecule has 1 aliphatic rings. The first-order chi connectivity index (χ1) is 8.68. The number of benzene rings is 1. The molecule has 0 saturated carbocycles. The van der Waals surface area contributed by atoms with Crippen molar-refractivity contribution in [3.8, 4) is 0 Å². The van der Waals surface area contributed by atoms with Crippen LogP contribution in [0.1, 0.15) is 26.3 Å². The van der Waals surface area contributed by atoms with Crippen LogP contribution in [-0.2, 0) is 6.42 Å². The van der Waals surface area contributed by atoms with E-state index in [1.165, 1.54) is 17.7 Å². The van der Waals surface area contributed by atoms with Crippen molar-refractivity contribution in [3.63, 3.8) is 0 Å². The van der Waals surface area contributed by atoms with Gasteiger partial charge in [0, 0.05) is 0 Å². The van der Waals surface area contributed by atoms with E-state index in [4.69, 9.17) is 4.99 Å². The molecule has 0 radical (unpaired) electrons. The summed E-state index contributed by atoms with van der Waals surface area (Å²) in [5, 5.41) is 0. The second-order valence-electron chi connectivity index (χ2n) is 7.54. The normalized spacial score (nSPS) is 20.1. The second kappa shape index (κ2) is 5.12. The number of rotatable bonds is 2. The summed E-state index contributed by atoms with van der Waals surface area (Å²) in [6.45, 7) is 6.46. The van der Waals surface area contributed by atoms with Gasteiger partial charge < -0.3 is 0 Å². The molecule has 0 aliphatic carbocycles. The number of fused-ring (bicyclic) bond motifs is 1. The van der Waals surface area contributed by atoms with Gasteiger partial charge in [-0.2, -0.15) is 0 Å². The Morgan fingerprint density at radius 3 is 2.42 bits per heavy atom. The van der Waals surface area contributed by atoms with Crippen LogP contribution in [0.5, 0.6) is 0 Å². The number of aliphatic imine (C=N–C) groups is 1. The fourth-order valence-corrected chi connectivity index (χ4v) is 7.86. The number of para-hydroxylation sites is 1. The van der Waals surface area contributed by atoms with E-state index in [0.717, 1.165) is 0 Å². The van der Waals surface area contributed by atoms with Crippen LogP contribution in [-0.4, -0.2) is 34.3 Å². The third kappa shape index (κ3) is 3.53. The van der Waals surface area contributed by atoms with Crippen LogP contribution >= 0.6 is 0 Å². The molecule has 19 heavy (non-hydrogen) atoms. The number of hydrogen-bond donors (Lipinski definition) is 0. The van der Waals surface area contributed by atoms with Crippen LogP contribution in [0.15, 0.2) is 29.3 Å². The van der Waals surface area contributed by atoms with Gasteiger partial charge in [0.15, 0.2) is 0 Å². The first kappa shape index (κ1) is 14.9. The first-order valence-corrected chi connectivity index (χ1v) is 17.3. The van der Waals surface area contributed by atoms with E-state index in [1.54, 1.807) is 0 Å². The van der Waals surface area contributed by atoms with Gasteiger partial charge in [-0.25, -0.2) is 0 Å². The predicted octanol–water partition coefficient (Wildman–Crippen LogP) is 4.12. The standard InChI is InChI=1S/C13H17N2.3CH3.Sn/c1-13(2,3)14-10-15-9-8-11-6-4-5-7-12(11)15;;;;/h4-7,9-10H,8H2,1-3H3;3*1H3;. The maximum absolute atomic E-state index is 4.74. The van der Waals surface area contributed by atoms with E-state index in [1.807, 2.05) is 0 Å². The predicted molar refractivity (Wildman–Crippen MR) is 88.0 cm³/mol. The van der Waals surface area contributed by atoms with Crippen molar-refractivity contribution in [2.75, 3.05) is 4.90 Å². The molecule has 0 bridgehead atoms. The van der Waals surface area contributed by atoms with Gasteiger partial charge in [-0.1, -0.05) is 0 Å². The molecule has 2 nitrogen and oxygen atoms in total. The van der Waals surface area contributed by atoms with Crippen LogP contribution in [0.3, 0.4) is 0 Å². The zero-order valence-corrected chi connectivity index (χ0v) is 15.9. The van der Waals surface area contributed by atoms with Crippen molar-refractivity contribution in [2.45, 2.75) is 51.6 Å². The summed E-state index contributed by atoms with van der Waals surface area (Å²) in [7, 11) is 0. The molecule has 1 aromatic carbocycles. The summed E-state index contributed by atoms with van der Waals surface area (Å²) in [6.07, 6.45) is 3.30. The van der Waals surface area contributed by atoms with E-state index in [0.29, 0.717) is 4.06 Å². The fourth-order valence-electron chi connectivity index (χ4n) is 2.51. The Morgan fingerprint density at radius 1 is 1.21 bits per heavy atom. The Morgan fingerprint density at radius 2 is 1.84 bits per heavy atom. The van der Waals surface area contributed by atoms with Crippen LogP contribution in [0.25, 0.3) is 0 Å². The molecular formula is C16H26N2Sn. The van der Waals surface area contributed by atoms with Crippen LogP contribution in [0.4, 0.5) is 5.69 Å². The topological polar surface area (TPSA) is 15.6 Å². The van der Waals surface area contributed by atoms with E-state index in [9.17, 15) is 0 Å². The van der Waals surface area contributed by atoms with Gasteiger partial charge in [0.25, 0.3) is 0 Å². The van der Waals surface area contributed by atoms with Crippen molar-refractivity contribution in [1.29, 1.82) is 0 Å². The molecule has 0 saturated heterocycles. The molecule has 2 rings (SSSR count). The third-order valence-electron chi connectivity index (χ3n) is 3.59. The molecule has 1 heterocycles. The van der Waals surface area contributed by atoms with Gasteiger partial charge in [-0.15, -0.1) is 0 Å². The quantitative estimate of drug-likeness (QED) is 0.437. The summed E-state index contributed by atoms with van der Waals surface area (Å²) < 4.78 is 0.692. The van der Waals surface area contributed by atoms with Gasteiger partial charge in [-0.05, 0) is 0 Å². The maximum atomic E-state index is 4.74. The van der Waals surface area contributed by atoms with Gasteiger partial charge in [0.2, 0.25) is 0 Å². The molecule has 1 unspecified atom stereocenters. The van der Waals surface area contributed by atoms with Crippen molar-refractivity contribution in [1.82, 2.24) is 0 Å². The van der Waals surface area contributed by atoms with Crippen molar-refractivity contribution >= 4 is 30.4 Å². The Labute approximate surface area is 121 Å². The van der Waals surface area contributed by atoms with Gasteiger partial charge in [-0.3, -0.25) is 0 Å². The van der Waals surface area contributed by atoms with E-state index in [-0.39, 0.29) is 5.54 Å². The molecule has 1 atom stereocenters. The monoisotopic (exact) mass is 366 g/mol. The molecular weight excluding hydrogens is 339 g/mol. The van der Waals surface area contributed by atoms with Crippen molar-refractivity contribution in [3.05, 3.63) is 29.8 Å². The third-order valence-corrected chi connectivity index (χ3v) is 10.7. The van der Waals surface area contributed by atoms with E-state index < -0.39 is 18.4 Å². The Bertz CT molecular complexity index is 480. The molecule has 0 N–H and O–H groups in total. The van der Waals surface area contributed by atoms with E-state index >= 15 is 0 Å². The zero-order chi connectivity index (χ0) is 14.3. The fraction of sp³-hybridized carbons (Fsp3) is 0.562. The molecule has 1 aromatic rings. The molecule has 0 spiro atoms. The molecule has 1 aliphatic heterocycles. The average molecular weight is 365 g/mol. The zero-order valence-electron chi connectivity index (χ0n) is 13.1. The van der Waals surface area contributed by atoms with Crippen LogP contribution < -0.4 is 4.90 Å². The SMILES string of the molecule is CC(C)(C)N=CN1c2ccccc2C[CH]1[Sn]([CH3])([CH3])[CH3]. The van der Waals surface area contributed by atoms with Gasteiger partial charge in [0.05, 0.1) is 0 Å². The number of hydrogen-bond acceptors (Lipinski definition) is 1. The molecule has 104 valence electrons. The van der Waals surface area contributed by atoms with Gasteiger partial charge in [0.1, 0.15) is 0 Å². The summed E-state index contributed by atoms with van der Waals surface area (Å²) in [6, 6.07) is 8.79. The summed E-state index contributed by atoms with van der Waals surface area (Å²) in [5.41, 5.74) is 2.85. The molecule has 0 aromatic heterocycles. The van der Waals surface area contributed by atoms with Crippen molar-refractivity contribution in [2.24, 2.45) is 4.99 Å². The summed E-state index contributed by atoms with van der Waals surface area (Å²) >= 11 is -2.01. The molecule has 0 amide bonds. The molecule has 0 fully saturated rings. The summed E-state index contributed by atoms with van der Waals surface area (Å²) in [4.78, 5) is 14.7. The van der Waals surface area contributed by atoms with Gasteiger partial charge >= 0.3 is 122 Å². The Hall–Kier alpha value is -0.511. The Kier molecular flexibility index (Phi) is 4.01. The summed E-state index contributed by atoms with van der Waals surface area (Å²) in [5.74, 6) is 0. The first-order valence-electron chi connectivity index (χ1n) is 7.10. The minimum atomic E-state index is -2.01. The number of anilines is 1. The second-order valence-corrected chi connectivity index (χ2v) is 22.9.